The van der Waals surface area contributed by atoms with E-state index in [1.54, 1.807) is 6.92 Å². The molecule has 3 atom stereocenters. The molecule has 1 aromatic heterocycles. The monoisotopic (exact) mass is 284 g/mol. The van der Waals surface area contributed by atoms with Gasteiger partial charge in [-0.25, -0.2) is 9.78 Å². The molecule has 1 saturated heterocycles. The first-order chi connectivity index (χ1) is 8.97. The molecule has 0 saturated carbocycles. The summed E-state index contributed by atoms with van der Waals surface area (Å²) < 4.78 is 5.48. The number of carbonyl (C=O) groups is 2. The van der Waals surface area contributed by atoms with Gasteiger partial charge in [0.25, 0.3) is 0 Å². The van der Waals surface area contributed by atoms with Gasteiger partial charge in [0.15, 0.2) is 5.69 Å². The maximum absolute atomic E-state index is 11.9. The van der Waals surface area contributed by atoms with Crippen molar-refractivity contribution in [3.05, 3.63) is 16.1 Å². The first-order valence-corrected chi connectivity index (χ1v) is 7.00. The van der Waals surface area contributed by atoms with Crippen LogP contribution in [0, 0.1) is 0 Å². The molecule has 2 rings (SSSR count). The van der Waals surface area contributed by atoms with Gasteiger partial charge in [-0.1, -0.05) is 0 Å². The Balaban J connectivity index is 1.94. The van der Waals surface area contributed by atoms with Crippen molar-refractivity contribution in [2.75, 3.05) is 0 Å². The molecule has 6 nitrogen and oxygen atoms in total. The molecule has 0 spiro atoms. The molecule has 2 N–H and O–H groups in total. The van der Waals surface area contributed by atoms with Crippen LogP contribution in [0.3, 0.4) is 0 Å². The van der Waals surface area contributed by atoms with Crippen LogP contribution in [0.1, 0.15) is 48.2 Å². The number of ether oxygens (including phenoxy) is 1. The first-order valence-electron chi connectivity index (χ1n) is 6.12. The minimum atomic E-state index is -1.06. The Morgan fingerprint density at radius 2 is 2.32 bits per heavy atom. The fraction of sp³-hybridized carbons (Fsp3) is 0.583. The van der Waals surface area contributed by atoms with E-state index >= 15 is 0 Å². The normalized spacial score (nSPS) is 24.1. The summed E-state index contributed by atoms with van der Waals surface area (Å²) in [7, 11) is 0. The molecule has 0 aromatic carbocycles. The fourth-order valence-electron chi connectivity index (χ4n) is 1.95. The number of aromatic carboxylic acids is 1. The zero-order valence-corrected chi connectivity index (χ0v) is 11.6. The third kappa shape index (κ3) is 3.30. The standard InChI is InChI=1S/C12H16N2O4S/c1-6-3-4-9(18-6)10(15)13-7(2)11-14-8(5-19-11)12(16)17/h5-7,9H,3-4H2,1-2H3,(H,13,15)(H,16,17). The highest BCUT2D eigenvalue weighted by molar-refractivity contribution is 7.09. The third-order valence-corrected chi connectivity index (χ3v) is 4.02. The lowest BCUT2D eigenvalue weighted by Crippen LogP contribution is -2.36. The summed E-state index contributed by atoms with van der Waals surface area (Å²) in [5, 5.41) is 13.6. The Morgan fingerprint density at radius 3 is 2.84 bits per heavy atom. The molecule has 0 radical (unpaired) electrons. The summed E-state index contributed by atoms with van der Waals surface area (Å²) >= 11 is 1.22. The van der Waals surface area contributed by atoms with E-state index in [1.165, 1.54) is 16.7 Å². The summed E-state index contributed by atoms with van der Waals surface area (Å²) in [6, 6.07) is -0.315. The number of carboxylic acid groups (broad SMARTS) is 1. The van der Waals surface area contributed by atoms with E-state index in [0.717, 1.165) is 12.8 Å². The zero-order chi connectivity index (χ0) is 14.0. The number of amides is 1. The van der Waals surface area contributed by atoms with Gasteiger partial charge in [0.05, 0.1) is 12.1 Å². The summed E-state index contributed by atoms with van der Waals surface area (Å²) in [6.45, 7) is 3.72. The molecule has 1 amide bonds. The molecule has 1 aromatic rings. The molecular weight excluding hydrogens is 268 g/mol. The van der Waals surface area contributed by atoms with Crippen molar-refractivity contribution in [3.8, 4) is 0 Å². The topological polar surface area (TPSA) is 88.5 Å². The van der Waals surface area contributed by atoms with Crippen LogP contribution < -0.4 is 5.32 Å². The van der Waals surface area contributed by atoms with Crippen LogP contribution in [0.2, 0.25) is 0 Å². The number of thiazole rings is 1. The van der Waals surface area contributed by atoms with E-state index in [4.69, 9.17) is 9.84 Å². The molecule has 1 aliphatic heterocycles. The quantitative estimate of drug-likeness (QED) is 0.876. The number of hydrogen-bond donors (Lipinski definition) is 2. The van der Waals surface area contributed by atoms with Crippen molar-refractivity contribution < 1.29 is 19.4 Å². The van der Waals surface area contributed by atoms with Crippen molar-refractivity contribution in [1.29, 1.82) is 0 Å². The second-order valence-electron chi connectivity index (χ2n) is 4.62. The lowest BCUT2D eigenvalue weighted by atomic mass is 10.2. The maximum atomic E-state index is 11.9. The molecule has 1 aliphatic rings. The average Bonchev–Trinajstić information content (AvgIpc) is 2.96. The summed E-state index contributed by atoms with van der Waals surface area (Å²) in [5.74, 6) is -1.22. The first kappa shape index (κ1) is 14.0. The van der Waals surface area contributed by atoms with Gasteiger partial charge in [-0.05, 0) is 26.7 Å². The molecule has 7 heteroatoms. The number of hydrogen-bond acceptors (Lipinski definition) is 5. The van der Waals surface area contributed by atoms with Gasteiger partial charge in [-0.3, -0.25) is 4.79 Å². The maximum Gasteiger partial charge on any atom is 0.355 e. The second kappa shape index (κ2) is 5.66. The lowest BCUT2D eigenvalue weighted by Gasteiger charge is -2.15. The summed E-state index contributed by atoms with van der Waals surface area (Å²) in [6.07, 6.45) is 1.31. The molecular formula is C12H16N2O4S. The molecule has 3 unspecified atom stereocenters. The smallest absolute Gasteiger partial charge is 0.355 e. The molecule has 2 heterocycles. The Bertz CT molecular complexity index is 488. The number of rotatable bonds is 4. The van der Waals surface area contributed by atoms with E-state index in [9.17, 15) is 9.59 Å². The Hall–Kier alpha value is -1.47. The van der Waals surface area contributed by atoms with E-state index in [0.29, 0.717) is 5.01 Å². The SMILES string of the molecule is CC1CCC(C(=O)NC(C)c2nc(C(=O)O)cs2)O1. The van der Waals surface area contributed by atoms with Crippen LogP contribution in [-0.2, 0) is 9.53 Å². The minimum absolute atomic E-state index is 0.00633. The number of carboxylic acids is 1. The van der Waals surface area contributed by atoms with Gasteiger partial charge in [0, 0.05) is 5.38 Å². The highest BCUT2D eigenvalue weighted by Crippen LogP contribution is 2.22. The molecule has 0 bridgehead atoms. The van der Waals surface area contributed by atoms with Crippen molar-refractivity contribution in [1.82, 2.24) is 10.3 Å². The van der Waals surface area contributed by atoms with Crippen LogP contribution in [0.15, 0.2) is 5.38 Å². The number of aromatic nitrogens is 1. The van der Waals surface area contributed by atoms with Crippen molar-refractivity contribution in [3.63, 3.8) is 0 Å². The third-order valence-electron chi connectivity index (χ3n) is 2.99. The molecule has 104 valence electrons. The average molecular weight is 284 g/mol. The van der Waals surface area contributed by atoms with Crippen LogP contribution in [0.25, 0.3) is 0 Å². The van der Waals surface area contributed by atoms with Gasteiger partial charge in [0.1, 0.15) is 11.1 Å². The van der Waals surface area contributed by atoms with Crippen LogP contribution >= 0.6 is 11.3 Å². The van der Waals surface area contributed by atoms with Gasteiger partial charge in [-0.15, -0.1) is 11.3 Å². The molecule has 19 heavy (non-hydrogen) atoms. The predicted octanol–water partition coefficient (Wildman–Crippen LogP) is 1.59. The summed E-state index contributed by atoms with van der Waals surface area (Å²) in [4.78, 5) is 26.6. The number of nitrogens with one attached hydrogen (secondary N) is 1. The van der Waals surface area contributed by atoms with Crippen molar-refractivity contribution >= 4 is 23.2 Å². The lowest BCUT2D eigenvalue weighted by molar-refractivity contribution is -0.132. The van der Waals surface area contributed by atoms with Crippen molar-refractivity contribution in [2.45, 2.75) is 44.9 Å². The zero-order valence-electron chi connectivity index (χ0n) is 10.8. The highest BCUT2D eigenvalue weighted by atomic mass is 32.1. The number of carbonyl (C=O) groups excluding carboxylic acids is 1. The van der Waals surface area contributed by atoms with Crippen LogP contribution in [-0.4, -0.2) is 34.2 Å². The molecule has 0 aliphatic carbocycles. The van der Waals surface area contributed by atoms with E-state index in [1.807, 2.05) is 6.92 Å². The Morgan fingerprint density at radius 1 is 1.58 bits per heavy atom. The van der Waals surface area contributed by atoms with Gasteiger partial charge >= 0.3 is 5.97 Å². The highest BCUT2D eigenvalue weighted by Gasteiger charge is 2.29. The number of nitrogens with zero attached hydrogens (tertiary/aromatic N) is 1. The molecule has 1 fully saturated rings. The van der Waals surface area contributed by atoms with Crippen LogP contribution in [0.5, 0.6) is 0 Å². The minimum Gasteiger partial charge on any atom is -0.476 e. The van der Waals surface area contributed by atoms with Gasteiger partial charge in [-0.2, -0.15) is 0 Å². The second-order valence-corrected chi connectivity index (χ2v) is 5.51. The van der Waals surface area contributed by atoms with Crippen molar-refractivity contribution in [2.24, 2.45) is 0 Å². The Labute approximate surface area is 114 Å². The Kier molecular flexibility index (Phi) is 4.16. The van der Waals surface area contributed by atoms with E-state index in [2.05, 4.69) is 10.3 Å². The summed E-state index contributed by atoms with van der Waals surface area (Å²) in [5.41, 5.74) is 0.00633. The van der Waals surface area contributed by atoms with Crippen LogP contribution in [0.4, 0.5) is 0 Å². The van der Waals surface area contributed by atoms with Gasteiger partial charge in [0.2, 0.25) is 5.91 Å². The fourth-order valence-corrected chi connectivity index (χ4v) is 2.75. The van der Waals surface area contributed by atoms with Gasteiger partial charge < -0.3 is 15.2 Å². The largest absolute Gasteiger partial charge is 0.476 e. The van der Waals surface area contributed by atoms with E-state index in [-0.39, 0.29) is 23.7 Å². The van der Waals surface area contributed by atoms with E-state index < -0.39 is 12.1 Å². The predicted molar refractivity (Wildman–Crippen MR) is 69.2 cm³/mol.